The highest BCUT2D eigenvalue weighted by Gasteiger charge is 2.22. The van der Waals surface area contributed by atoms with E-state index < -0.39 is 0 Å². The van der Waals surface area contributed by atoms with E-state index in [4.69, 9.17) is 23.5 Å². The predicted molar refractivity (Wildman–Crippen MR) is 131 cm³/mol. The summed E-state index contributed by atoms with van der Waals surface area (Å²) < 4.78 is 29.2. The lowest BCUT2D eigenvalue weighted by atomic mass is 9.93. The maximum Gasteiger partial charge on any atom is 0.233 e. The maximum atomic E-state index is 6.37. The fourth-order valence-corrected chi connectivity index (χ4v) is 3.96. The van der Waals surface area contributed by atoms with Crippen LogP contribution in [0.2, 0.25) is 0 Å². The van der Waals surface area contributed by atoms with Crippen LogP contribution in [0.4, 0.5) is 0 Å². The number of nitrogens with zero attached hydrogens (tertiary/aromatic N) is 3. The first-order valence-electron chi connectivity index (χ1n) is 11.7. The quantitative estimate of drug-likeness (QED) is 0.338. The molecule has 0 unspecified atom stereocenters. The molecule has 8 nitrogen and oxygen atoms in total. The molecule has 1 fully saturated rings. The van der Waals surface area contributed by atoms with Crippen LogP contribution in [0.15, 0.2) is 53.3 Å². The van der Waals surface area contributed by atoms with Gasteiger partial charge in [0, 0.05) is 42.0 Å². The molecule has 1 aliphatic rings. The minimum absolute atomic E-state index is 0.0413. The summed E-state index contributed by atoms with van der Waals surface area (Å²) in [5, 5.41) is 4.94. The average molecular weight is 476 g/mol. The molecule has 0 spiro atoms. The number of hydrogen-bond acceptors (Lipinski definition) is 8. The number of methoxy groups -OCH3 is 1. The normalized spacial score (nSPS) is 14.7. The third kappa shape index (κ3) is 5.07. The lowest BCUT2D eigenvalue weighted by Gasteiger charge is -2.24. The summed E-state index contributed by atoms with van der Waals surface area (Å²) in [5.74, 6) is 3.14. The van der Waals surface area contributed by atoms with Crippen molar-refractivity contribution in [1.29, 1.82) is 0 Å². The topological polar surface area (TPSA) is 88.7 Å². The van der Waals surface area contributed by atoms with Crippen LogP contribution in [0.25, 0.3) is 22.2 Å². The molecule has 0 saturated carbocycles. The van der Waals surface area contributed by atoms with Gasteiger partial charge in [-0.2, -0.15) is 0 Å². The van der Waals surface area contributed by atoms with Gasteiger partial charge in [0.05, 0.1) is 25.8 Å². The number of hydrogen-bond donors (Lipinski definition) is 0. The largest absolute Gasteiger partial charge is 0.497 e. The van der Waals surface area contributed by atoms with Crippen molar-refractivity contribution in [3.63, 3.8) is 0 Å². The standard InChI is InChI=1S/C27H29N3O5/c1-27(2,3)24-15-21(30-35-24)17-6-5-7-19(12-17)34-26-25-22(28-16-29-26)13-20(31-4)14-23(25)33-18-8-10-32-11-9-18/h5-7,12-16,18H,8-11H2,1-4H3. The molecule has 0 aliphatic carbocycles. The van der Waals surface area contributed by atoms with Gasteiger partial charge >= 0.3 is 0 Å². The molecule has 2 aromatic carbocycles. The molecule has 4 aromatic rings. The molecule has 5 rings (SSSR count). The molecule has 0 bridgehead atoms. The van der Waals surface area contributed by atoms with Crippen molar-refractivity contribution in [3.8, 4) is 34.4 Å². The third-order valence-electron chi connectivity index (χ3n) is 5.93. The van der Waals surface area contributed by atoms with Gasteiger partial charge in [0.25, 0.3) is 0 Å². The Kier molecular flexibility index (Phi) is 6.30. The Hall–Kier alpha value is -3.65. The molecule has 0 atom stereocenters. The van der Waals surface area contributed by atoms with Crippen molar-refractivity contribution in [2.24, 2.45) is 0 Å². The van der Waals surface area contributed by atoms with Gasteiger partial charge in [-0.05, 0) is 12.1 Å². The fraction of sp³-hybridized carbons (Fsp3) is 0.370. The van der Waals surface area contributed by atoms with Gasteiger partial charge in [0.2, 0.25) is 5.88 Å². The van der Waals surface area contributed by atoms with E-state index in [-0.39, 0.29) is 11.5 Å². The van der Waals surface area contributed by atoms with Gasteiger partial charge in [0.1, 0.15) is 46.5 Å². The van der Waals surface area contributed by atoms with Crippen molar-refractivity contribution >= 4 is 10.9 Å². The first-order valence-corrected chi connectivity index (χ1v) is 11.7. The van der Waals surface area contributed by atoms with Gasteiger partial charge in [-0.15, -0.1) is 0 Å². The van der Waals surface area contributed by atoms with Crippen LogP contribution in [0.5, 0.6) is 23.1 Å². The van der Waals surface area contributed by atoms with Crippen molar-refractivity contribution in [2.75, 3.05) is 20.3 Å². The molecule has 0 radical (unpaired) electrons. The van der Waals surface area contributed by atoms with E-state index in [1.165, 1.54) is 6.33 Å². The minimum atomic E-state index is -0.124. The summed E-state index contributed by atoms with van der Waals surface area (Å²) in [6.45, 7) is 7.63. The Bertz CT molecular complexity index is 1320. The Labute approximate surface area is 204 Å². The van der Waals surface area contributed by atoms with Crippen molar-refractivity contribution in [1.82, 2.24) is 15.1 Å². The van der Waals surface area contributed by atoms with E-state index >= 15 is 0 Å². The molecule has 2 aromatic heterocycles. The average Bonchev–Trinajstić information content (AvgIpc) is 3.36. The number of rotatable bonds is 6. The number of ether oxygens (including phenoxy) is 4. The van der Waals surface area contributed by atoms with Crippen LogP contribution in [0.3, 0.4) is 0 Å². The minimum Gasteiger partial charge on any atom is -0.497 e. The number of benzene rings is 2. The summed E-state index contributed by atoms with van der Waals surface area (Å²) in [6, 6.07) is 13.4. The van der Waals surface area contributed by atoms with Crippen molar-refractivity contribution in [2.45, 2.75) is 45.1 Å². The number of fused-ring (bicyclic) bond motifs is 1. The second-order valence-electron chi connectivity index (χ2n) is 9.58. The molecule has 182 valence electrons. The Balaban J connectivity index is 1.49. The zero-order chi connectivity index (χ0) is 24.4. The Morgan fingerprint density at radius 1 is 0.971 bits per heavy atom. The first kappa shape index (κ1) is 23.1. The van der Waals surface area contributed by atoms with Crippen molar-refractivity contribution in [3.05, 3.63) is 54.6 Å². The fourth-order valence-electron chi connectivity index (χ4n) is 3.96. The molecular formula is C27H29N3O5. The summed E-state index contributed by atoms with van der Waals surface area (Å²) in [7, 11) is 1.62. The van der Waals surface area contributed by atoms with Crippen LogP contribution >= 0.6 is 0 Å². The highest BCUT2D eigenvalue weighted by molar-refractivity contribution is 5.91. The zero-order valence-electron chi connectivity index (χ0n) is 20.4. The molecule has 1 aliphatic heterocycles. The third-order valence-corrected chi connectivity index (χ3v) is 5.93. The van der Waals surface area contributed by atoms with Gasteiger partial charge in [-0.25, -0.2) is 9.97 Å². The van der Waals surface area contributed by atoms with Gasteiger partial charge in [-0.3, -0.25) is 0 Å². The highest BCUT2D eigenvalue weighted by atomic mass is 16.5. The lowest BCUT2D eigenvalue weighted by molar-refractivity contribution is 0.0261. The summed E-state index contributed by atoms with van der Waals surface area (Å²) >= 11 is 0. The molecule has 0 amide bonds. The van der Waals surface area contributed by atoms with E-state index in [2.05, 4.69) is 35.9 Å². The molecule has 35 heavy (non-hydrogen) atoms. The van der Waals surface area contributed by atoms with Gasteiger partial charge in [-0.1, -0.05) is 38.1 Å². The van der Waals surface area contributed by atoms with E-state index in [0.29, 0.717) is 47.2 Å². The van der Waals surface area contributed by atoms with E-state index in [9.17, 15) is 0 Å². The molecule has 3 heterocycles. The van der Waals surface area contributed by atoms with Crippen LogP contribution in [-0.2, 0) is 10.2 Å². The van der Waals surface area contributed by atoms with E-state index in [0.717, 1.165) is 29.9 Å². The van der Waals surface area contributed by atoms with Crippen LogP contribution in [-0.4, -0.2) is 41.6 Å². The van der Waals surface area contributed by atoms with Gasteiger partial charge < -0.3 is 23.5 Å². The monoisotopic (exact) mass is 475 g/mol. The van der Waals surface area contributed by atoms with Gasteiger partial charge in [0.15, 0.2) is 0 Å². The smallest absolute Gasteiger partial charge is 0.233 e. The van der Waals surface area contributed by atoms with Crippen LogP contribution in [0.1, 0.15) is 39.4 Å². The van der Waals surface area contributed by atoms with Crippen LogP contribution < -0.4 is 14.2 Å². The molecule has 8 heteroatoms. The Morgan fingerprint density at radius 2 is 1.80 bits per heavy atom. The SMILES string of the molecule is COc1cc(OC2CCOCC2)c2c(Oc3cccc(-c4cc(C(C)(C)C)on4)c3)ncnc2c1. The van der Waals surface area contributed by atoms with E-state index in [1.807, 2.05) is 42.5 Å². The second kappa shape index (κ2) is 9.54. The predicted octanol–water partition coefficient (Wildman–Crippen LogP) is 5.94. The highest BCUT2D eigenvalue weighted by Crippen LogP contribution is 2.39. The summed E-state index contributed by atoms with van der Waals surface area (Å²) in [4.78, 5) is 8.88. The molecule has 1 saturated heterocycles. The molecule has 0 N–H and O–H groups in total. The van der Waals surface area contributed by atoms with Crippen LogP contribution in [0, 0.1) is 0 Å². The zero-order valence-corrected chi connectivity index (χ0v) is 20.4. The lowest BCUT2D eigenvalue weighted by Crippen LogP contribution is -2.26. The van der Waals surface area contributed by atoms with E-state index in [1.54, 1.807) is 7.11 Å². The Morgan fingerprint density at radius 3 is 2.54 bits per heavy atom. The van der Waals surface area contributed by atoms with Crippen molar-refractivity contribution < 1.29 is 23.5 Å². The second-order valence-corrected chi connectivity index (χ2v) is 9.58. The first-order chi connectivity index (χ1) is 16.9. The summed E-state index contributed by atoms with van der Waals surface area (Å²) in [5.41, 5.74) is 2.20. The molecular weight excluding hydrogens is 446 g/mol. The number of aromatic nitrogens is 3. The maximum absolute atomic E-state index is 6.37. The summed E-state index contributed by atoms with van der Waals surface area (Å²) in [6.07, 6.45) is 3.16.